The Morgan fingerprint density at radius 3 is 2.68 bits per heavy atom. The molecule has 3 saturated heterocycles. The van der Waals surface area contributed by atoms with Crippen LogP contribution in [0.2, 0.25) is 0 Å². The van der Waals surface area contributed by atoms with Gasteiger partial charge in [0.1, 0.15) is 12.7 Å². The lowest BCUT2D eigenvalue weighted by atomic mass is 10.1. The van der Waals surface area contributed by atoms with Crippen LogP contribution in [-0.4, -0.2) is 48.5 Å². The van der Waals surface area contributed by atoms with E-state index < -0.39 is 48.5 Å². The van der Waals surface area contributed by atoms with Crippen LogP contribution in [0.25, 0.3) is 0 Å². The Morgan fingerprint density at radius 1 is 1.16 bits per heavy atom. The highest BCUT2D eigenvalue weighted by molar-refractivity contribution is 5.84. The highest BCUT2D eigenvalue weighted by Crippen LogP contribution is 2.42. The molecule has 8 heteroatoms. The second-order valence-corrected chi connectivity index (χ2v) is 6.65. The lowest BCUT2D eigenvalue weighted by Gasteiger charge is -2.22. The summed E-state index contributed by atoms with van der Waals surface area (Å²) in [6, 6.07) is 8.30. The zero-order valence-corrected chi connectivity index (χ0v) is 13.8. The van der Waals surface area contributed by atoms with Crippen LogP contribution in [0, 0.1) is 0 Å². The number of hydrogen-bond donors (Lipinski definition) is 1. The maximum Gasteiger partial charge on any atom is 0.408 e. The number of hydrogen-bond acceptors (Lipinski definition) is 7. The van der Waals surface area contributed by atoms with Crippen molar-refractivity contribution in [3.8, 4) is 0 Å². The van der Waals surface area contributed by atoms with E-state index in [0.29, 0.717) is 0 Å². The lowest BCUT2D eigenvalue weighted by Crippen LogP contribution is -2.47. The summed E-state index contributed by atoms with van der Waals surface area (Å²) in [7, 11) is 0. The lowest BCUT2D eigenvalue weighted by molar-refractivity contribution is -0.210. The molecule has 1 aromatic carbocycles. The van der Waals surface area contributed by atoms with Crippen molar-refractivity contribution < 1.29 is 33.3 Å². The standard InChI is InChI=1S/C17H19NO7/c1-17(2)24-13-12-11(23-15(13)25-17)10(14(19)22-12)18-16(20)21-8-9-6-4-3-5-7-9/h3-7,10-13,15H,8H2,1-2H3,(H,18,20)/t10-,11+,12-,13+,15+/m0/s1. The van der Waals surface area contributed by atoms with Crippen molar-refractivity contribution in [2.45, 2.75) is 56.9 Å². The normalized spacial score (nSPS) is 35.0. The predicted molar refractivity (Wildman–Crippen MR) is 82.1 cm³/mol. The van der Waals surface area contributed by atoms with Gasteiger partial charge in [0.2, 0.25) is 0 Å². The van der Waals surface area contributed by atoms with Gasteiger partial charge >= 0.3 is 12.1 Å². The number of ether oxygens (including phenoxy) is 5. The van der Waals surface area contributed by atoms with E-state index in [9.17, 15) is 9.59 Å². The third-order valence-corrected chi connectivity index (χ3v) is 4.35. The number of nitrogens with one attached hydrogen (secondary N) is 1. The van der Waals surface area contributed by atoms with Crippen molar-refractivity contribution >= 4 is 12.1 Å². The summed E-state index contributed by atoms with van der Waals surface area (Å²) in [4.78, 5) is 24.1. The average Bonchev–Trinajstić information content (AvgIpc) is 3.14. The van der Waals surface area contributed by atoms with Gasteiger partial charge in [0.05, 0.1) is 0 Å². The van der Waals surface area contributed by atoms with E-state index in [2.05, 4.69) is 5.32 Å². The second-order valence-electron chi connectivity index (χ2n) is 6.65. The molecule has 0 aliphatic carbocycles. The molecule has 1 aromatic rings. The minimum Gasteiger partial charge on any atom is -0.455 e. The Bertz CT molecular complexity index is 677. The van der Waals surface area contributed by atoms with Crippen LogP contribution in [0.1, 0.15) is 19.4 Å². The molecule has 3 aliphatic rings. The van der Waals surface area contributed by atoms with Gasteiger partial charge in [0.25, 0.3) is 0 Å². The number of rotatable bonds is 3. The summed E-state index contributed by atoms with van der Waals surface area (Å²) in [5.41, 5.74) is 0.847. The maximum absolute atomic E-state index is 12.1. The van der Waals surface area contributed by atoms with Gasteiger partial charge in [-0.25, -0.2) is 9.59 Å². The SMILES string of the molecule is CC1(C)O[C@H]2O[C@H]3[C@H](OC(=O)[C@H]3NC(=O)OCc3ccccc3)[C@H]2O1. The molecular weight excluding hydrogens is 330 g/mol. The molecule has 1 amide bonds. The minimum absolute atomic E-state index is 0.106. The zero-order valence-electron chi connectivity index (χ0n) is 13.8. The molecule has 3 aliphatic heterocycles. The van der Waals surface area contributed by atoms with E-state index in [1.54, 1.807) is 13.8 Å². The quantitative estimate of drug-likeness (QED) is 0.817. The van der Waals surface area contributed by atoms with E-state index in [1.807, 2.05) is 30.3 Å². The van der Waals surface area contributed by atoms with Crippen LogP contribution in [0.5, 0.6) is 0 Å². The highest BCUT2D eigenvalue weighted by Gasteiger charge is 2.63. The van der Waals surface area contributed by atoms with E-state index in [0.717, 1.165) is 5.56 Å². The Labute approximate surface area is 144 Å². The largest absolute Gasteiger partial charge is 0.455 e. The first-order valence-corrected chi connectivity index (χ1v) is 8.12. The number of carbonyl (C=O) groups is 2. The monoisotopic (exact) mass is 349 g/mol. The van der Waals surface area contributed by atoms with Crippen LogP contribution < -0.4 is 5.32 Å². The predicted octanol–water partition coefficient (Wildman–Crippen LogP) is 1.08. The number of amides is 1. The van der Waals surface area contributed by atoms with Crippen molar-refractivity contribution in [1.82, 2.24) is 5.32 Å². The molecule has 134 valence electrons. The molecule has 3 fully saturated rings. The van der Waals surface area contributed by atoms with Crippen molar-refractivity contribution in [3.63, 3.8) is 0 Å². The number of carbonyl (C=O) groups excluding carboxylic acids is 2. The molecule has 8 nitrogen and oxygen atoms in total. The molecule has 25 heavy (non-hydrogen) atoms. The minimum atomic E-state index is -0.950. The molecule has 0 aromatic heterocycles. The first-order valence-electron chi connectivity index (χ1n) is 8.12. The van der Waals surface area contributed by atoms with Crippen LogP contribution in [0.3, 0.4) is 0 Å². The van der Waals surface area contributed by atoms with Gasteiger partial charge in [-0.2, -0.15) is 0 Å². The van der Waals surface area contributed by atoms with Gasteiger partial charge in [0, 0.05) is 0 Å². The van der Waals surface area contributed by atoms with E-state index in [-0.39, 0.29) is 6.61 Å². The van der Waals surface area contributed by atoms with Gasteiger partial charge in [-0.1, -0.05) is 30.3 Å². The molecular formula is C17H19NO7. The van der Waals surface area contributed by atoms with Crippen molar-refractivity contribution in [2.75, 3.05) is 0 Å². The van der Waals surface area contributed by atoms with Crippen molar-refractivity contribution in [1.29, 1.82) is 0 Å². The Balaban J connectivity index is 1.36. The van der Waals surface area contributed by atoms with E-state index in [4.69, 9.17) is 23.7 Å². The van der Waals surface area contributed by atoms with Crippen LogP contribution in [0.15, 0.2) is 30.3 Å². The summed E-state index contributed by atoms with van der Waals surface area (Å²) in [5, 5.41) is 2.51. The molecule has 1 N–H and O–H groups in total. The summed E-state index contributed by atoms with van der Waals surface area (Å²) in [6.07, 6.45) is -3.12. The average molecular weight is 349 g/mol. The molecule has 0 bridgehead atoms. The first kappa shape index (κ1) is 16.3. The first-order chi connectivity index (χ1) is 11.9. The molecule has 0 unspecified atom stereocenters. The highest BCUT2D eigenvalue weighted by atomic mass is 16.8. The van der Waals surface area contributed by atoms with E-state index in [1.165, 1.54) is 0 Å². The topological polar surface area (TPSA) is 92.3 Å². The summed E-state index contributed by atoms with van der Waals surface area (Å²) >= 11 is 0. The molecule has 0 spiro atoms. The molecule has 0 saturated carbocycles. The Hall–Kier alpha value is -2.16. The molecule has 3 heterocycles. The van der Waals surface area contributed by atoms with Crippen LogP contribution in [0.4, 0.5) is 4.79 Å². The fourth-order valence-corrected chi connectivity index (χ4v) is 3.28. The Morgan fingerprint density at radius 2 is 1.92 bits per heavy atom. The van der Waals surface area contributed by atoms with Gasteiger partial charge < -0.3 is 29.0 Å². The Kier molecular flexibility index (Phi) is 3.90. The van der Waals surface area contributed by atoms with Crippen molar-refractivity contribution in [2.24, 2.45) is 0 Å². The summed E-state index contributed by atoms with van der Waals surface area (Å²) in [6.45, 7) is 3.63. The molecule has 4 rings (SSSR count). The third kappa shape index (κ3) is 3.08. The van der Waals surface area contributed by atoms with Crippen LogP contribution in [-0.2, 0) is 35.1 Å². The van der Waals surface area contributed by atoms with Crippen LogP contribution >= 0.6 is 0 Å². The molecule has 0 radical (unpaired) electrons. The number of benzene rings is 1. The fourth-order valence-electron chi connectivity index (χ4n) is 3.28. The third-order valence-electron chi connectivity index (χ3n) is 4.35. The van der Waals surface area contributed by atoms with Gasteiger partial charge in [-0.05, 0) is 19.4 Å². The van der Waals surface area contributed by atoms with Gasteiger partial charge in [0.15, 0.2) is 30.3 Å². The smallest absolute Gasteiger partial charge is 0.408 e. The number of fused-ring (bicyclic) bond motifs is 3. The fraction of sp³-hybridized carbons (Fsp3) is 0.529. The van der Waals surface area contributed by atoms with Gasteiger partial charge in [-0.3, -0.25) is 0 Å². The van der Waals surface area contributed by atoms with Gasteiger partial charge in [-0.15, -0.1) is 0 Å². The summed E-state index contributed by atoms with van der Waals surface area (Å²) in [5.74, 6) is -1.37. The zero-order chi connectivity index (χ0) is 17.6. The van der Waals surface area contributed by atoms with Crippen molar-refractivity contribution in [3.05, 3.63) is 35.9 Å². The number of esters is 1. The maximum atomic E-state index is 12.1. The second kappa shape index (κ2) is 5.98. The molecule has 5 atom stereocenters. The van der Waals surface area contributed by atoms with E-state index >= 15 is 0 Å². The number of alkyl carbamates (subject to hydrolysis) is 1. The summed E-state index contributed by atoms with van der Waals surface area (Å²) < 4.78 is 27.5.